The summed E-state index contributed by atoms with van der Waals surface area (Å²) in [6.45, 7) is 6.82. The van der Waals surface area contributed by atoms with Crippen LogP contribution in [0, 0.1) is 23.7 Å². The van der Waals surface area contributed by atoms with Crippen LogP contribution in [0.4, 0.5) is 5.69 Å². The number of nitrogens with zero attached hydrogens (tertiary/aromatic N) is 3. The third-order valence-corrected chi connectivity index (χ3v) is 2.61. The zero-order chi connectivity index (χ0) is 12.2. The molecule has 1 aromatic heterocycles. The van der Waals surface area contributed by atoms with E-state index >= 15 is 0 Å². The summed E-state index contributed by atoms with van der Waals surface area (Å²) in [6.07, 6.45) is 3.88. The SMILES string of the molecule is Cc1nn(C)cc1NCCCC(C)(C)C#N. The molecule has 1 rings (SSSR count). The van der Waals surface area contributed by atoms with Gasteiger partial charge in [-0.2, -0.15) is 10.4 Å². The van der Waals surface area contributed by atoms with Gasteiger partial charge in [-0.15, -0.1) is 0 Å². The summed E-state index contributed by atoms with van der Waals surface area (Å²) in [5.74, 6) is 0. The van der Waals surface area contributed by atoms with Crippen LogP contribution in [0.2, 0.25) is 0 Å². The maximum absolute atomic E-state index is 8.87. The van der Waals surface area contributed by atoms with Crippen molar-refractivity contribution in [3.63, 3.8) is 0 Å². The standard InChI is InChI=1S/C12H20N4/c1-10-11(8-16(4)15-10)14-7-5-6-12(2,3)9-13/h8,14H,5-7H2,1-4H3. The first kappa shape index (κ1) is 12.6. The second-order valence-corrected chi connectivity index (χ2v) is 4.83. The summed E-state index contributed by atoms with van der Waals surface area (Å²) < 4.78 is 1.80. The Morgan fingerprint density at radius 1 is 1.56 bits per heavy atom. The fraction of sp³-hybridized carbons (Fsp3) is 0.667. The van der Waals surface area contributed by atoms with Crippen molar-refractivity contribution in [2.24, 2.45) is 12.5 Å². The molecule has 0 aromatic carbocycles. The van der Waals surface area contributed by atoms with E-state index in [9.17, 15) is 0 Å². The van der Waals surface area contributed by atoms with Crippen molar-refractivity contribution in [1.82, 2.24) is 9.78 Å². The molecule has 0 aliphatic heterocycles. The highest BCUT2D eigenvalue weighted by atomic mass is 15.3. The Kier molecular flexibility index (Phi) is 3.94. The molecule has 1 aromatic rings. The van der Waals surface area contributed by atoms with Crippen molar-refractivity contribution in [1.29, 1.82) is 5.26 Å². The van der Waals surface area contributed by atoms with E-state index in [1.165, 1.54) is 0 Å². The highest BCUT2D eigenvalue weighted by Gasteiger charge is 2.15. The van der Waals surface area contributed by atoms with Gasteiger partial charge >= 0.3 is 0 Å². The van der Waals surface area contributed by atoms with E-state index in [1.54, 1.807) is 4.68 Å². The normalized spacial score (nSPS) is 11.2. The number of anilines is 1. The van der Waals surface area contributed by atoms with Crippen LogP contribution in [-0.2, 0) is 7.05 Å². The van der Waals surface area contributed by atoms with Gasteiger partial charge in [-0.1, -0.05) is 0 Å². The zero-order valence-electron chi connectivity index (χ0n) is 10.5. The minimum Gasteiger partial charge on any atom is -0.382 e. The minimum absolute atomic E-state index is 0.217. The van der Waals surface area contributed by atoms with Crippen molar-refractivity contribution in [3.8, 4) is 6.07 Å². The van der Waals surface area contributed by atoms with Gasteiger partial charge in [-0.05, 0) is 33.6 Å². The maximum Gasteiger partial charge on any atom is 0.0824 e. The number of aryl methyl sites for hydroxylation is 2. The van der Waals surface area contributed by atoms with Gasteiger partial charge < -0.3 is 5.32 Å². The van der Waals surface area contributed by atoms with Crippen molar-refractivity contribution in [2.45, 2.75) is 33.6 Å². The van der Waals surface area contributed by atoms with Gasteiger partial charge in [0, 0.05) is 19.8 Å². The minimum atomic E-state index is -0.217. The summed E-state index contributed by atoms with van der Waals surface area (Å²) in [7, 11) is 1.91. The lowest BCUT2D eigenvalue weighted by Gasteiger charge is -2.14. The predicted octanol–water partition coefficient (Wildman–Crippen LogP) is 2.47. The molecule has 0 unspecified atom stereocenters. The Morgan fingerprint density at radius 2 is 2.25 bits per heavy atom. The molecule has 0 fully saturated rings. The van der Waals surface area contributed by atoms with Crippen molar-refractivity contribution < 1.29 is 0 Å². The molecular formula is C12H20N4. The lowest BCUT2D eigenvalue weighted by Crippen LogP contribution is -2.11. The Morgan fingerprint density at radius 3 is 2.75 bits per heavy atom. The van der Waals surface area contributed by atoms with Crippen LogP contribution in [0.3, 0.4) is 0 Å². The monoisotopic (exact) mass is 220 g/mol. The van der Waals surface area contributed by atoms with Gasteiger partial charge in [0.05, 0.1) is 22.9 Å². The fourth-order valence-electron chi connectivity index (χ4n) is 1.58. The van der Waals surface area contributed by atoms with Crippen molar-refractivity contribution in [2.75, 3.05) is 11.9 Å². The first-order valence-corrected chi connectivity index (χ1v) is 5.60. The molecule has 1 heterocycles. The van der Waals surface area contributed by atoms with E-state index in [4.69, 9.17) is 5.26 Å². The molecule has 0 spiro atoms. The fourth-order valence-corrected chi connectivity index (χ4v) is 1.58. The molecule has 1 N–H and O–H groups in total. The van der Waals surface area contributed by atoms with Gasteiger partial charge in [0.1, 0.15) is 0 Å². The summed E-state index contributed by atoms with van der Waals surface area (Å²) in [5, 5.41) is 16.5. The zero-order valence-corrected chi connectivity index (χ0v) is 10.5. The van der Waals surface area contributed by atoms with Gasteiger partial charge in [-0.25, -0.2) is 0 Å². The molecule has 0 bridgehead atoms. The number of hydrogen-bond donors (Lipinski definition) is 1. The molecule has 4 heteroatoms. The molecule has 0 amide bonds. The number of aromatic nitrogens is 2. The molecule has 0 saturated heterocycles. The number of nitriles is 1. The maximum atomic E-state index is 8.87. The topological polar surface area (TPSA) is 53.6 Å². The smallest absolute Gasteiger partial charge is 0.0824 e. The predicted molar refractivity (Wildman–Crippen MR) is 65.1 cm³/mol. The van der Waals surface area contributed by atoms with Gasteiger partial charge in [0.15, 0.2) is 0 Å². The molecule has 0 saturated carbocycles. The van der Waals surface area contributed by atoms with Gasteiger partial charge in [-0.3, -0.25) is 4.68 Å². The van der Waals surface area contributed by atoms with Gasteiger partial charge in [0.2, 0.25) is 0 Å². The molecule has 0 aliphatic rings. The third kappa shape index (κ3) is 3.58. The molecule has 88 valence electrons. The number of nitrogens with one attached hydrogen (secondary N) is 1. The summed E-state index contributed by atoms with van der Waals surface area (Å²) in [5.41, 5.74) is 1.88. The van der Waals surface area contributed by atoms with E-state index in [0.29, 0.717) is 0 Å². The first-order valence-electron chi connectivity index (χ1n) is 5.60. The number of hydrogen-bond acceptors (Lipinski definition) is 3. The quantitative estimate of drug-likeness (QED) is 0.775. The summed E-state index contributed by atoms with van der Waals surface area (Å²) >= 11 is 0. The lowest BCUT2D eigenvalue weighted by molar-refractivity contribution is 0.441. The highest BCUT2D eigenvalue weighted by molar-refractivity contribution is 5.45. The number of rotatable bonds is 5. The highest BCUT2D eigenvalue weighted by Crippen LogP contribution is 2.20. The molecule has 16 heavy (non-hydrogen) atoms. The first-order chi connectivity index (χ1) is 7.44. The van der Waals surface area contributed by atoms with Crippen LogP contribution >= 0.6 is 0 Å². The van der Waals surface area contributed by atoms with Crippen molar-refractivity contribution in [3.05, 3.63) is 11.9 Å². The second-order valence-electron chi connectivity index (χ2n) is 4.83. The average Bonchev–Trinajstić information content (AvgIpc) is 2.52. The molecule has 0 atom stereocenters. The van der Waals surface area contributed by atoms with E-state index < -0.39 is 0 Å². The van der Waals surface area contributed by atoms with Crippen LogP contribution in [0.25, 0.3) is 0 Å². The Balaban J connectivity index is 2.32. The average molecular weight is 220 g/mol. The largest absolute Gasteiger partial charge is 0.382 e. The van der Waals surface area contributed by atoms with Crippen LogP contribution in [0.5, 0.6) is 0 Å². The lowest BCUT2D eigenvalue weighted by atomic mass is 9.90. The van der Waals surface area contributed by atoms with E-state index in [2.05, 4.69) is 16.5 Å². The summed E-state index contributed by atoms with van der Waals surface area (Å²) in [6, 6.07) is 2.31. The molecule has 4 nitrogen and oxygen atoms in total. The van der Waals surface area contributed by atoms with Crippen molar-refractivity contribution >= 4 is 5.69 Å². The van der Waals surface area contributed by atoms with Crippen LogP contribution < -0.4 is 5.32 Å². The van der Waals surface area contributed by atoms with Crippen LogP contribution in [0.1, 0.15) is 32.4 Å². The molecule has 0 aliphatic carbocycles. The van der Waals surface area contributed by atoms with E-state index in [-0.39, 0.29) is 5.41 Å². The second kappa shape index (κ2) is 5.02. The molecule has 0 radical (unpaired) electrons. The van der Waals surface area contributed by atoms with E-state index in [1.807, 2.05) is 34.0 Å². The Bertz CT molecular complexity index is 384. The Hall–Kier alpha value is -1.50. The molecular weight excluding hydrogens is 200 g/mol. The van der Waals surface area contributed by atoms with Gasteiger partial charge in [0.25, 0.3) is 0 Å². The third-order valence-electron chi connectivity index (χ3n) is 2.61. The summed E-state index contributed by atoms with van der Waals surface area (Å²) in [4.78, 5) is 0. The van der Waals surface area contributed by atoms with E-state index in [0.717, 1.165) is 30.8 Å². The van der Waals surface area contributed by atoms with Crippen LogP contribution in [-0.4, -0.2) is 16.3 Å². The van der Waals surface area contributed by atoms with Crippen LogP contribution in [0.15, 0.2) is 6.20 Å². The Labute approximate surface area is 97.3 Å².